The van der Waals surface area contributed by atoms with Gasteiger partial charge in [0.15, 0.2) is 0 Å². The third-order valence-electron chi connectivity index (χ3n) is 3.59. The standard InChI is InChI=1S/C16H22N2O4S/c1-11-15(20)18(10-14(19)17-8-9-21-2)16(23-11)12-4-6-13(22-3)7-5-12/h4-7,11,16H,8-10H2,1-3H3,(H,17,19). The third-order valence-corrected chi connectivity index (χ3v) is 4.98. The van der Waals surface area contributed by atoms with Crippen molar-refractivity contribution in [3.05, 3.63) is 29.8 Å². The largest absolute Gasteiger partial charge is 0.497 e. The Morgan fingerprint density at radius 3 is 2.61 bits per heavy atom. The van der Waals surface area contributed by atoms with Crippen LogP contribution in [0.1, 0.15) is 17.9 Å². The smallest absolute Gasteiger partial charge is 0.239 e. The highest BCUT2D eigenvalue weighted by Crippen LogP contribution is 2.42. The topological polar surface area (TPSA) is 67.9 Å². The number of rotatable bonds is 7. The average molecular weight is 338 g/mol. The van der Waals surface area contributed by atoms with E-state index >= 15 is 0 Å². The van der Waals surface area contributed by atoms with Crippen molar-refractivity contribution in [1.29, 1.82) is 0 Å². The Kier molecular flexibility index (Phi) is 6.29. The van der Waals surface area contributed by atoms with Gasteiger partial charge in [0.1, 0.15) is 17.7 Å². The molecule has 6 nitrogen and oxygen atoms in total. The average Bonchev–Trinajstić information content (AvgIpc) is 2.83. The molecule has 1 aromatic rings. The Bertz CT molecular complexity index is 550. The molecule has 7 heteroatoms. The molecule has 1 aliphatic heterocycles. The molecule has 2 rings (SSSR count). The van der Waals surface area contributed by atoms with Crippen LogP contribution in [0.3, 0.4) is 0 Å². The lowest BCUT2D eigenvalue weighted by Crippen LogP contribution is -2.41. The fourth-order valence-corrected chi connectivity index (χ4v) is 3.64. The summed E-state index contributed by atoms with van der Waals surface area (Å²) in [6.45, 7) is 2.81. The second-order valence-corrected chi connectivity index (χ2v) is 6.64. The van der Waals surface area contributed by atoms with E-state index in [9.17, 15) is 9.59 Å². The van der Waals surface area contributed by atoms with Gasteiger partial charge in [-0.1, -0.05) is 12.1 Å². The number of hydrogen-bond acceptors (Lipinski definition) is 5. The Morgan fingerprint density at radius 2 is 2.00 bits per heavy atom. The Labute approximate surface area is 140 Å². The zero-order chi connectivity index (χ0) is 16.8. The van der Waals surface area contributed by atoms with Crippen LogP contribution in [-0.4, -0.2) is 55.9 Å². The maximum atomic E-state index is 12.4. The molecule has 0 radical (unpaired) electrons. The summed E-state index contributed by atoms with van der Waals surface area (Å²) in [5, 5.41) is 2.43. The van der Waals surface area contributed by atoms with Crippen LogP contribution < -0.4 is 10.1 Å². The lowest BCUT2D eigenvalue weighted by molar-refractivity contribution is -0.135. The van der Waals surface area contributed by atoms with Crippen molar-refractivity contribution in [3.63, 3.8) is 0 Å². The van der Waals surface area contributed by atoms with Crippen LogP contribution in [0.4, 0.5) is 0 Å². The van der Waals surface area contributed by atoms with E-state index < -0.39 is 0 Å². The molecule has 2 unspecified atom stereocenters. The number of amides is 2. The number of nitrogens with one attached hydrogen (secondary N) is 1. The fraction of sp³-hybridized carbons (Fsp3) is 0.500. The Morgan fingerprint density at radius 1 is 1.30 bits per heavy atom. The molecule has 0 spiro atoms. The van der Waals surface area contributed by atoms with Gasteiger partial charge in [0.2, 0.25) is 11.8 Å². The van der Waals surface area contributed by atoms with Crippen molar-refractivity contribution in [3.8, 4) is 5.75 Å². The molecule has 0 saturated carbocycles. The molecule has 1 saturated heterocycles. The van der Waals surface area contributed by atoms with Gasteiger partial charge in [0.05, 0.1) is 19.0 Å². The summed E-state index contributed by atoms with van der Waals surface area (Å²) < 4.78 is 10.1. The number of methoxy groups -OCH3 is 2. The third kappa shape index (κ3) is 4.39. The van der Waals surface area contributed by atoms with Crippen molar-refractivity contribution in [2.24, 2.45) is 0 Å². The summed E-state index contributed by atoms with van der Waals surface area (Å²) in [6.07, 6.45) is 0. The molecule has 1 N–H and O–H groups in total. The summed E-state index contributed by atoms with van der Waals surface area (Å²) in [6, 6.07) is 7.58. The number of ether oxygens (including phenoxy) is 2. The molecule has 0 aliphatic carbocycles. The molecule has 1 heterocycles. The van der Waals surface area contributed by atoms with Gasteiger partial charge < -0.3 is 19.7 Å². The highest BCUT2D eigenvalue weighted by Gasteiger charge is 2.39. The van der Waals surface area contributed by atoms with E-state index in [1.165, 1.54) is 0 Å². The number of carbonyl (C=O) groups is 2. The molecule has 2 atom stereocenters. The van der Waals surface area contributed by atoms with Crippen molar-refractivity contribution in [2.45, 2.75) is 17.5 Å². The van der Waals surface area contributed by atoms with Gasteiger partial charge in [0.25, 0.3) is 0 Å². The minimum absolute atomic E-state index is 0.0160. The minimum atomic E-state index is -0.177. The zero-order valence-electron chi connectivity index (χ0n) is 13.6. The van der Waals surface area contributed by atoms with E-state index in [2.05, 4.69) is 5.32 Å². The molecule has 1 aromatic carbocycles. The van der Waals surface area contributed by atoms with Gasteiger partial charge in [0, 0.05) is 13.7 Å². The number of benzene rings is 1. The molecular weight excluding hydrogens is 316 g/mol. The van der Waals surface area contributed by atoms with E-state index in [-0.39, 0.29) is 29.0 Å². The number of thioether (sulfide) groups is 1. The monoisotopic (exact) mass is 338 g/mol. The van der Waals surface area contributed by atoms with Gasteiger partial charge in [-0.15, -0.1) is 11.8 Å². The van der Waals surface area contributed by atoms with Crippen molar-refractivity contribution in [1.82, 2.24) is 10.2 Å². The summed E-state index contributed by atoms with van der Waals surface area (Å²) in [5.41, 5.74) is 0.984. The SMILES string of the molecule is COCCNC(=O)CN1C(=O)C(C)SC1c1ccc(OC)cc1. The maximum absolute atomic E-state index is 12.4. The number of carbonyl (C=O) groups excluding carboxylic acids is 2. The van der Waals surface area contributed by atoms with Crippen LogP contribution in [0.15, 0.2) is 24.3 Å². The molecule has 2 amide bonds. The number of hydrogen-bond donors (Lipinski definition) is 1. The predicted molar refractivity (Wildman–Crippen MR) is 89.4 cm³/mol. The predicted octanol–water partition coefficient (Wildman–Crippen LogP) is 1.42. The lowest BCUT2D eigenvalue weighted by Gasteiger charge is -2.23. The van der Waals surface area contributed by atoms with Crippen LogP contribution in [0.25, 0.3) is 0 Å². The van der Waals surface area contributed by atoms with Gasteiger partial charge in [-0.2, -0.15) is 0 Å². The first-order valence-corrected chi connectivity index (χ1v) is 8.36. The van der Waals surface area contributed by atoms with E-state index in [1.807, 2.05) is 31.2 Å². The number of nitrogens with zero attached hydrogens (tertiary/aromatic N) is 1. The highest BCUT2D eigenvalue weighted by molar-refractivity contribution is 8.01. The summed E-state index contributed by atoms with van der Waals surface area (Å²) >= 11 is 1.55. The Hall–Kier alpha value is -1.73. The second kappa shape index (κ2) is 8.21. The summed E-state index contributed by atoms with van der Waals surface area (Å²) in [4.78, 5) is 26.0. The van der Waals surface area contributed by atoms with Crippen LogP contribution in [0, 0.1) is 0 Å². The quantitative estimate of drug-likeness (QED) is 0.762. The van der Waals surface area contributed by atoms with Crippen LogP contribution in [0.2, 0.25) is 0 Å². The highest BCUT2D eigenvalue weighted by atomic mass is 32.2. The normalized spacial score (nSPS) is 20.7. The molecule has 23 heavy (non-hydrogen) atoms. The van der Waals surface area contributed by atoms with E-state index in [0.717, 1.165) is 11.3 Å². The minimum Gasteiger partial charge on any atom is -0.497 e. The maximum Gasteiger partial charge on any atom is 0.239 e. The summed E-state index contributed by atoms with van der Waals surface area (Å²) in [5.74, 6) is 0.571. The molecule has 0 bridgehead atoms. The molecule has 1 fully saturated rings. The Balaban J connectivity index is 2.07. The molecular formula is C16H22N2O4S. The van der Waals surface area contributed by atoms with Gasteiger partial charge in [-0.05, 0) is 24.6 Å². The fourth-order valence-electron chi connectivity index (χ4n) is 2.37. The van der Waals surface area contributed by atoms with E-state index in [1.54, 1.807) is 30.9 Å². The van der Waals surface area contributed by atoms with Crippen molar-refractivity contribution in [2.75, 3.05) is 33.9 Å². The summed E-state index contributed by atoms with van der Waals surface area (Å²) in [7, 11) is 3.19. The van der Waals surface area contributed by atoms with Crippen LogP contribution in [0.5, 0.6) is 5.75 Å². The van der Waals surface area contributed by atoms with Crippen LogP contribution in [-0.2, 0) is 14.3 Å². The van der Waals surface area contributed by atoms with Gasteiger partial charge >= 0.3 is 0 Å². The van der Waals surface area contributed by atoms with E-state index in [4.69, 9.17) is 9.47 Å². The van der Waals surface area contributed by atoms with Crippen LogP contribution >= 0.6 is 11.8 Å². The molecule has 126 valence electrons. The van der Waals surface area contributed by atoms with Crippen molar-refractivity contribution >= 4 is 23.6 Å². The van der Waals surface area contributed by atoms with Crippen molar-refractivity contribution < 1.29 is 19.1 Å². The molecule has 1 aliphatic rings. The van der Waals surface area contributed by atoms with E-state index in [0.29, 0.717) is 13.2 Å². The lowest BCUT2D eigenvalue weighted by atomic mass is 10.2. The first kappa shape index (κ1) is 17.6. The first-order chi connectivity index (χ1) is 11.1. The van der Waals surface area contributed by atoms with Gasteiger partial charge in [-0.3, -0.25) is 9.59 Å². The second-order valence-electron chi connectivity index (χ2n) is 5.21. The first-order valence-electron chi connectivity index (χ1n) is 7.42. The van der Waals surface area contributed by atoms with Gasteiger partial charge in [-0.25, -0.2) is 0 Å². The molecule has 0 aromatic heterocycles. The zero-order valence-corrected chi connectivity index (χ0v) is 14.4.